The van der Waals surface area contributed by atoms with Crippen molar-refractivity contribution in [1.82, 2.24) is 4.90 Å². The van der Waals surface area contributed by atoms with Crippen LogP contribution in [0.3, 0.4) is 0 Å². The van der Waals surface area contributed by atoms with Gasteiger partial charge in [-0.3, -0.25) is 9.69 Å². The van der Waals surface area contributed by atoms with Crippen LogP contribution in [0, 0.1) is 0 Å². The summed E-state index contributed by atoms with van der Waals surface area (Å²) in [5, 5.41) is 0.360. The van der Waals surface area contributed by atoms with Crippen molar-refractivity contribution in [3.8, 4) is 0 Å². The Bertz CT molecular complexity index is 252. The van der Waals surface area contributed by atoms with E-state index in [4.69, 9.17) is 17.3 Å². The number of hydrogen-bond donors (Lipinski definition) is 1. The summed E-state index contributed by atoms with van der Waals surface area (Å²) in [4.78, 5) is 11.9. The molecule has 0 fully saturated rings. The number of carbonyl (C=O) groups is 1. The van der Waals surface area contributed by atoms with Crippen molar-refractivity contribution in [2.24, 2.45) is 5.73 Å². The van der Waals surface area contributed by atoms with E-state index in [0.717, 1.165) is 4.90 Å². The molecule has 0 spiro atoms. The zero-order chi connectivity index (χ0) is 9.14. The van der Waals surface area contributed by atoms with Crippen LogP contribution in [0.2, 0.25) is 0 Å². The van der Waals surface area contributed by atoms with Crippen molar-refractivity contribution in [3.63, 3.8) is 0 Å². The molecule has 0 aromatic carbocycles. The molecular weight excluding hydrogens is 183 g/mol. The molecule has 1 atom stereocenters. The summed E-state index contributed by atoms with van der Waals surface area (Å²) in [7, 11) is 0. The number of carbonyl (C=O) groups excluding carboxylic acids is 1. The van der Waals surface area contributed by atoms with E-state index in [0.29, 0.717) is 5.03 Å². The number of alkyl halides is 1. The number of nitrogens with zero attached hydrogens (tertiary/aromatic N) is 1. The Balaban J connectivity index is 2.77. The van der Waals surface area contributed by atoms with Crippen molar-refractivity contribution in [2.75, 3.05) is 6.67 Å². The van der Waals surface area contributed by atoms with Crippen molar-refractivity contribution in [2.45, 2.75) is 6.17 Å². The fourth-order valence-electron chi connectivity index (χ4n) is 0.852. The van der Waals surface area contributed by atoms with Crippen LogP contribution in [0.1, 0.15) is 0 Å². The van der Waals surface area contributed by atoms with Gasteiger partial charge in [-0.25, -0.2) is 4.39 Å². The van der Waals surface area contributed by atoms with Crippen molar-refractivity contribution >= 4 is 17.5 Å². The van der Waals surface area contributed by atoms with Crippen LogP contribution in [0.15, 0.2) is 23.4 Å². The van der Waals surface area contributed by atoms with E-state index in [1.165, 1.54) is 12.3 Å². The monoisotopic (exact) mass is 190 g/mol. The van der Waals surface area contributed by atoms with Gasteiger partial charge in [0, 0.05) is 6.20 Å². The van der Waals surface area contributed by atoms with Gasteiger partial charge in [0.2, 0.25) is 0 Å². The third-order valence-electron chi connectivity index (χ3n) is 1.44. The van der Waals surface area contributed by atoms with Gasteiger partial charge in [0.1, 0.15) is 6.17 Å². The zero-order valence-corrected chi connectivity index (χ0v) is 6.96. The van der Waals surface area contributed by atoms with Gasteiger partial charge in [-0.15, -0.1) is 0 Å². The highest BCUT2D eigenvalue weighted by Crippen LogP contribution is 2.13. The molecule has 0 aromatic heterocycles. The fourth-order valence-corrected chi connectivity index (χ4v) is 1.03. The Labute approximate surface area is 74.3 Å². The number of halogens is 2. The normalized spacial score (nSPS) is 22.4. The summed E-state index contributed by atoms with van der Waals surface area (Å²) in [6.07, 6.45) is 3.79. The van der Waals surface area contributed by atoms with Crippen molar-refractivity contribution < 1.29 is 9.18 Å². The molecule has 0 aromatic rings. The predicted octanol–water partition coefficient (Wildman–Crippen LogP) is 0.719. The number of allylic oxidation sites excluding steroid dienone is 2. The van der Waals surface area contributed by atoms with Gasteiger partial charge < -0.3 is 5.73 Å². The SMILES string of the molecule is NC1C=CC(Cl)=CN1C(=O)CF. The molecule has 1 heterocycles. The van der Waals surface area contributed by atoms with Crippen LogP contribution >= 0.6 is 11.6 Å². The Hall–Kier alpha value is -0.870. The number of rotatable bonds is 1. The van der Waals surface area contributed by atoms with Crippen molar-refractivity contribution in [1.29, 1.82) is 0 Å². The van der Waals surface area contributed by atoms with E-state index in [1.807, 2.05) is 0 Å². The maximum absolute atomic E-state index is 11.9. The summed E-state index contributed by atoms with van der Waals surface area (Å²) < 4.78 is 11.9. The van der Waals surface area contributed by atoms with Gasteiger partial charge in [-0.05, 0) is 12.2 Å². The topological polar surface area (TPSA) is 46.3 Å². The molecule has 12 heavy (non-hydrogen) atoms. The molecule has 1 amide bonds. The first kappa shape index (κ1) is 9.22. The molecule has 1 unspecified atom stereocenters. The molecule has 1 rings (SSSR count). The van der Waals surface area contributed by atoms with Crippen LogP contribution in [0.5, 0.6) is 0 Å². The second kappa shape index (κ2) is 3.69. The van der Waals surface area contributed by atoms with Gasteiger partial charge in [0.15, 0.2) is 6.67 Å². The Kier molecular flexibility index (Phi) is 2.83. The quantitative estimate of drug-likeness (QED) is 0.662. The largest absolute Gasteiger partial charge is 0.308 e. The van der Waals surface area contributed by atoms with Gasteiger partial charge in [0.25, 0.3) is 5.91 Å². The third kappa shape index (κ3) is 1.84. The van der Waals surface area contributed by atoms with Crippen LogP contribution in [-0.2, 0) is 4.79 Å². The average Bonchev–Trinajstić information content (AvgIpc) is 2.08. The Morgan fingerprint density at radius 1 is 1.83 bits per heavy atom. The molecular formula is C7H8ClFN2O. The molecule has 3 nitrogen and oxygen atoms in total. The highest BCUT2D eigenvalue weighted by molar-refractivity contribution is 6.31. The minimum Gasteiger partial charge on any atom is -0.308 e. The van der Waals surface area contributed by atoms with Crippen LogP contribution in [0.4, 0.5) is 4.39 Å². The highest BCUT2D eigenvalue weighted by Gasteiger charge is 2.18. The van der Waals surface area contributed by atoms with Crippen LogP contribution in [0.25, 0.3) is 0 Å². The molecule has 0 aliphatic carbocycles. The number of nitrogens with two attached hydrogens (primary N) is 1. The second-order valence-electron chi connectivity index (χ2n) is 2.30. The smallest absolute Gasteiger partial charge is 0.259 e. The van der Waals surface area contributed by atoms with E-state index in [-0.39, 0.29) is 0 Å². The highest BCUT2D eigenvalue weighted by atomic mass is 35.5. The molecule has 0 bridgehead atoms. The standard InChI is InChI=1S/C7H8ClFN2O/c8-5-1-2-6(10)11(4-5)7(12)3-9/h1-2,4,6H,3,10H2. The first-order valence-corrected chi connectivity index (χ1v) is 3.71. The van der Waals surface area contributed by atoms with Crippen molar-refractivity contribution in [3.05, 3.63) is 23.4 Å². The summed E-state index contributed by atoms with van der Waals surface area (Å²) in [6.45, 7) is -1.07. The zero-order valence-electron chi connectivity index (χ0n) is 6.21. The molecule has 1 aliphatic heterocycles. The lowest BCUT2D eigenvalue weighted by Crippen LogP contribution is -2.43. The lowest BCUT2D eigenvalue weighted by Gasteiger charge is -2.24. The van der Waals surface area contributed by atoms with Crippen LogP contribution in [-0.4, -0.2) is 23.6 Å². The van der Waals surface area contributed by atoms with Gasteiger partial charge >= 0.3 is 0 Å². The minimum absolute atomic E-state index is 0.360. The number of hydrogen-bond acceptors (Lipinski definition) is 2. The summed E-state index contributed by atoms with van der Waals surface area (Å²) in [5.41, 5.74) is 5.47. The van der Waals surface area contributed by atoms with E-state index in [9.17, 15) is 9.18 Å². The first-order chi connectivity index (χ1) is 5.65. The minimum atomic E-state index is -1.07. The van der Waals surface area contributed by atoms with E-state index in [1.54, 1.807) is 6.08 Å². The van der Waals surface area contributed by atoms with Gasteiger partial charge in [-0.1, -0.05) is 11.6 Å². The molecule has 0 saturated carbocycles. The van der Waals surface area contributed by atoms with Crippen LogP contribution < -0.4 is 5.73 Å². The first-order valence-electron chi connectivity index (χ1n) is 3.33. The summed E-state index contributed by atoms with van der Waals surface area (Å²) >= 11 is 5.58. The summed E-state index contributed by atoms with van der Waals surface area (Å²) in [5.74, 6) is -0.690. The molecule has 0 saturated heterocycles. The molecule has 0 radical (unpaired) electrons. The molecule has 1 aliphatic rings. The maximum atomic E-state index is 11.9. The Morgan fingerprint density at radius 2 is 2.50 bits per heavy atom. The molecule has 2 N–H and O–H groups in total. The summed E-state index contributed by atoms with van der Waals surface area (Å²) in [6, 6.07) is 0. The Morgan fingerprint density at radius 3 is 3.08 bits per heavy atom. The number of amides is 1. The average molecular weight is 191 g/mol. The maximum Gasteiger partial charge on any atom is 0.259 e. The second-order valence-corrected chi connectivity index (χ2v) is 2.73. The van der Waals surface area contributed by atoms with E-state index < -0.39 is 18.7 Å². The fraction of sp³-hybridized carbons (Fsp3) is 0.286. The lowest BCUT2D eigenvalue weighted by atomic mass is 10.3. The van der Waals surface area contributed by atoms with E-state index >= 15 is 0 Å². The third-order valence-corrected chi connectivity index (χ3v) is 1.66. The predicted molar refractivity (Wildman–Crippen MR) is 43.9 cm³/mol. The molecule has 5 heteroatoms. The van der Waals surface area contributed by atoms with E-state index in [2.05, 4.69) is 0 Å². The lowest BCUT2D eigenvalue weighted by molar-refractivity contribution is -0.130. The molecule has 66 valence electrons. The van der Waals surface area contributed by atoms with Gasteiger partial charge in [-0.2, -0.15) is 0 Å². The van der Waals surface area contributed by atoms with Gasteiger partial charge in [0.05, 0.1) is 5.03 Å².